The lowest BCUT2D eigenvalue weighted by molar-refractivity contribution is -0.119. The smallest absolute Gasteiger partial charge is 0.229 e. The van der Waals surface area contributed by atoms with E-state index in [2.05, 4.69) is 16.3 Å². The third-order valence-corrected chi connectivity index (χ3v) is 5.30. The second-order valence-corrected chi connectivity index (χ2v) is 7.56. The lowest BCUT2D eigenvalue weighted by Crippen LogP contribution is -2.23. The number of amides is 1. The van der Waals surface area contributed by atoms with Gasteiger partial charge in [-0.1, -0.05) is 12.1 Å². The zero-order valence-electron chi connectivity index (χ0n) is 14.7. The van der Waals surface area contributed by atoms with Crippen LogP contribution in [0.3, 0.4) is 0 Å². The van der Waals surface area contributed by atoms with Gasteiger partial charge in [-0.25, -0.2) is 0 Å². The summed E-state index contributed by atoms with van der Waals surface area (Å²) in [5.74, 6) is 0.867. The number of ether oxygens (including phenoxy) is 1. The van der Waals surface area contributed by atoms with Gasteiger partial charge in [-0.15, -0.1) is 11.3 Å². The summed E-state index contributed by atoms with van der Waals surface area (Å²) < 4.78 is 6.05. The van der Waals surface area contributed by atoms with Crippen LogP contribution in [-0.2, 0) is 11.2 Å². The van der Waals surface area contributed by atoms with E-state index in [-0.39, 0.29) is 12.0 Å². The lowest BCUT2D eigenvalue weighted by Gasteiger charge is -2.13. The van der Waals surface area contributed by atoms with Crippen molar-refractivity contribution in [1.29, 1.82) is 0 Å². The topological polar surface area (TPSA) is 41.6 Å². The molecule has 2 aliphatic rings. The predicted octanol–water partition coefficient (Wildman–Crippen LogP) is 3.77. The van der Waals surface area contributed by atoms with Gasteiger partial charge in [0.2, 0.25) is 5.91 Å². The third-order valence-electron chi connectivity index (χ3n) is 4.42. The van der Waals surface area contributed by atoms with Gasteiger partial charge in [0.15, 0.2) is 0 Å². The molecule has 132 valence electrons. The van der Waals surface area contributed by atoms with E-state index in [1.807, 2.05) is 68.0 Å². The quantitative estimate of drug-likeness (QED) is 0.898. The Morgan fingerprint density at radius 3 is 2.96 bits per heavy atom. The van der Waals surface area contributed by atoms with Gasteiger partial charge >= 0.3 is 0 Å². The standard InChI is InChI=1S/C21H20N2O2S/c1-23(2)15-8-9-20-18(12-15)17-11-14(5-3-7-19(17)25-20)22-21(24)13-16-6-4-10-26-16/h3-12,19H,13H2,1-2H3,(H,22,24). The van der Waals surface area contributed by atoms with Crippen LogP contribution < -0.4 is 15.0 Å². The monoisotopic (exact) mass is 364 g/mol. The third kappa shape index (κ3) is 3.30. The maximum atomic E-state index is 12.3. The highest BCUT2D eigenvalue weighted by molar-refractivity contribution is 7.10. The second kappa shape index (κ2) is 6.84. The van der Waals surface area contributed by atoms with Crippen molar-refractivity contribution in [1.82, 2.24) is 5.32 Å². The number of allylic oxidation sites excluding steroid dienone is 3. The Labute approximate surface area is 157 Å². The van der Waals surface area contributed by atoms with E-state index in [0.29, 0.717) is 6.42 Å². The van der Waals surface area contributed by atoms with E-state index in [0.717, 1.165) is 33.1 Å². The predicted molar refractivity (Wildman–Crippen MR) is 107 cm³/mol. The lowest BCUT2D eigenvalue weighted by atomic mass is 10.0. The highest BCUT2D eigenvalue weighted by Crippen LogP contribution is 2.41. The van der Waals surface area contributed by atoms with Crippen LogP contribution in [0.4, 0.5) is 5.69 Å². The average Bonchev–Trinajstić information content (AvgIpc) is 3.18. The van der Waals surface area contributed by atoms with E-state index in [1.165, 1.54) is 0 Å². The largest absolute Gasteiger partial charge is 0.481 e. The highest BCUT2D eigenvalue weighted by Gasteiger charge is 2.28. The average molecular weight is 364 g/mol. The van der Waals surface area contributed by atoms with Crippen LogP contribution in [0.2, 0.25) is 0 Å². The molecule has 1 N–H and O–H groups in total. The van der Waals surface area contributed by atoms with Gasteiger partial charge < -0.3 is 15.0 Å². The minimum absolute atomic E-state index is 0.0106. The molecule has 0 saturated heterocycles. The number of anilines is 1. The van der Waals surface area contributed by atoms with E-state index >= 15 is 0 Å². The molecule has 4 rings (SSSR count). The fourth-order valence-electron chi connectivity index (χ4n) is 3.11. The van der Waals surface area contributed by atoms with Gasteiger partial charge in [-0.3, -0.25) is 4.79 Å². The molecule has 5 heteroatoms. The number of rotatable bonds is 4. The first-order valence-electron chi connectivity index (χ1n) is 8.51. The molecule has 1 aromatic carbocycles. The normalized spacial score (nSPS) is 17.4. The molecule has 1 unspecified atom stereocenters. The number of hydrogen-bond acceptors (Lipinski definition) is 4. The van der Waals surface area contributed by atoms with E-state index in [4.69, 9.17) is 4.74 Å². The summed E-state index contributed by atoms with van der Waals surface area (Å²) in [6, 6.07) is 10.1. The van der Waals surface area contributed by atoms with Crippen LogP contribution in [0.15, 0.2) is 65.7 Å². The van der Waals surface area contributed by atoms with Crippen molar-refractivity contribution in [3.05, 3.63) is 76.2 Å². The highest BCUT2D eigenvalue weighted by atomic mass is 32.1. The summed E-state index contributed by atoms with van der Waals surface area (Å²) in [5.41, 5.74) is 4.05. The number of benzene rings is 1. The van der Waals surface area contributed by atoms with Crippen molar-refractivity contribution in [3.63, 3.8) is 0 Å². The molecule has 2 heterocycles. The van der Waals surface area contributed by atoms with Gasteiger partial charge in [-0.2, -0.15) is 0 Å². The molecule has 1 amide bonds. The minimum atomic E-state index is -0.120. The Morgan fingerprint density at radius 1 is 1.31 bits per heavy atom. The van der Waals surface area contributed by atoms with Crippen LogP contribution in [0.5, 0.6) is 5.75 Å². The van der Waals surface area contributed by atoms with Gasteiger partial charge in [0, 0.05) is 41.5 Å². The molecule has 1 atom stereocenters. The maximum absolute atomic E-state index is 12.3. The molecular formula is C21H20N2O2S. The number of thiophene rings is 1. The van der Waals surface area contributed by atoms with Crippen LogP contribution in [0.1, 0.15) is 10.4 Å². The van der Waals surface area contributed by atoms with E-state index in [9.17, 15) is 4.79 Å². The Bertz CT molecular complexity index is 923. The van der Waals surface area contributed by atoms with Gasteiger partial charge in [-0.05, 0) is 47.9 Å². The van der Waals surface area contributed by atoms with Crippen LogP contribution in [0.25, 0.3) is 5.57 Å². The van der Waals surface area contributed by atoms with Gasteiger partial charge in [0.05, 0.1) is 6.42 Å². The van der Waals surface area contributed by atoms with E-state index < -0.39 is 0 Å². The Morgan fingerprint density at radius 2 is 2.19 bits per heavy atom. The number of nitrogens with one attached hydrogen (secondary N) is 1. The summed E-state index contributed by atoms with van der Waals surface area (Å²) in [5, 5.41) is 5.00. The summed E-state index contributed by atoms with van der Waals surface area (Å²) >= 11 is 1.59. The fourth-order valence-corrected chi connectivity index (χ4v) is 3.81. The van der Waals surface area contributed by atoms with Crippen LogP contribution in [0, 0.1) is 0 Å². The first-order valence-corrected chi connectivity index (χ1v) is 9.39. The molecule has 0 fully saturated rings. The molecule has 0 radical (unpaired) electrons. The van der Waals surface area contributed by atoms with Gasteiger partial charge in [0.1, 0.15) is 11.9 Å². The number of carbonyl (C=O) groups is 1. The minimum Gasteiger partial charge on any atom is -0.481 e. The maximum Gasteiger partial charge on any atom is 0.229 e. The molecule has 0 bridgehead atoms. The van der Waals surface area contributed by atoms with E-state index in [1.54, 1.807) is 11.3 Å². The van der Waals surface area contributed by atoms with Crippen molar-refractivity contribution in [2.75, 3.05) is 19.0 Å². The summed E-state index contributed by atoms with van der Waals surface area (Å²) in [6.07, 6.45) is 8.15. The Balaban J connectivity index is 1.59. The van der Waals surface area contributed by atoms with Crippen LogP contribution in [-0.4, -0.2) is 26.1 Å². The molecule has 1 aliphatic heterocycles. The van der Waals surface area contributed by atoms with Crippen molar-refractivity contribution in [2.24, 2.45) is 0 Å². The number of carbonyl (C=O) groups excluding carboxylic acids is 1. The first kappa shape index (κ1) is 16.7. The zero-order chi connectivity index (χ0) is 18.1. The van der Waals surface area contributed by atoms with Crippen LogP contribution >= 0.6 is 11.3 Å². The number of nitrogens with zero attached hydrogens (tertiary/aromatic N) is 1. The van der Waals surface area contributed by atoms with Crippen molar-refractivity contribution >= 4 is 28.5 Å². The number of fused-ring (bicyclic) bond motifs is 3. The summed E-state index contributed by atoms with van der Waals surface area (Å²) in [6.45, 7) is 0. The molecule has 1 aromatic heterocycles. The molecule has 26 heavy (non-hydrogen) atoms. The number of hydrogen-bond donors (Lipinski definition) is 1. The Hall–Kier alpha value is -2.79. The summed E-state index contributed by atoms with van der Waals surface area (Å²) in [4.78, 5) is 15.5. The van der Waals surface area contributed by atoms with Crippen molar-refractivity contribution in [2.45, 2.75) is 12.5 Å². The molecule has 1 aliphatic carbocycles. The molecule has 4 nitrogen and oxygen atoms in total. The molecule has 2 aromatic rings. The van der Waals surface area contributed by atoms with Crippen molar-refractivity contribution in [3.8, 4) is 5.75 Å². The van der Waals surface area contributed by atoms with Crippen molar-refractivity contribution < 1.29 is 9.53 Å². The molecule has 0 spiro atoms. The SMILES string of the molecule is CN(C)c1ccc2c(c1)C1=CC(NC(=O)Cc3cccs3)=CC=CC1O2. The fraction of sp³-hybridized carbons (Fsp3) is 0.190. The molecular weight excluding hydrogens is 344 g/mol. The Kier molecular flexibility index (Phi) is 4.39. The summed E-state index contributed by atoms with van der Waals surface area (Å²) in [7, 11) is 4.04. The van der Waals surface area contributed by atoms with Gasteiger partial charge in [0.25, 0.3) is 0 Å². The second-order valence-electron chi connectivity index (χ2n) is 6.52. The first-order chi connectivity index (χ1) is 12.6. The molecule has 0 saturated carbocycles. The zero-order valence-corrected chi connectivity index (χ0v) is 15.5.